The lowest BCUT2D eigenvalue weighted by Gasteiger charge is -2.44. The van der Waals surface area contributed by atoms with Gasteiger partial charge in [-0.15, -0.1) is 0 Å². The predicted octanol–water partition coefficient (Wildman–Crippen LogP) is 1.44. The normalized spacial score (nSPS) is 31.4. The minimum Gasteiger partial charge on any atom is -0.339 e. The van der Waals surface area contributed by atoms with Crippen LogP contribution in [0.4, 0.5) is 0 Å². The largest absolute Gasteiger partial charge is 0.339 e. The van der Waals surface area contributed by atoms with E-state index in [1.807, 2.05) is 0 Å². The highest BCUT2D eigenvalue weighted by atomic mass is 32.2. The topological polar surface area (TPSA) is 60.9 Å². The Morgan fingerprint density at radius 3 is 2.39 bits per heavy atom. The van der Waals surface area contributed by atoms with E-state index in [-0.39, 0.29) is 5.91 Å². The standard InChI is InChI=1S/C16H29N3O3S/c1-17(2)23(21,22)18-12-10-16(13-18)9-6-11-19(15(16)20)14-7-4-3-5-8-14/h14H,3-13H2,1-2H3/t16-/m1/s1. The second kappa shape index (κ2) is 6.33. The highest BCUT2D eigenvalue weighted by Crippen LogP contribution is 2.42. The van der Waals surface area contributed by atoms with Gasteiger partial charge in [0.15, 0.2) is 0 Å². The molecule has 1 saturated carbocycles. The van der Waals surface area contributed by atoms with Crippen LogP contribution in [0.1, 0.15) is 51.4 Å². The Morgan fingerprint density at radius 2 is 1.74 bits per heavy atom. The van der Waals surface area contributed by atoms with Crippen molar-refractivity contribution in [2.75, 3.05) is 33.7 Å². The molecule has 0 aromatic rings. The molecule has 132 valence electrons. The van der Waals surface area contributed by atoms with Crippen LogP contribution in [-0.2, 0) is 15.0 Å². The Labute approximate surface area is 140 Å². The summed E-state index contributed by atoms with van der Waals surface area (Å²) in [4.78, 5) is 15.3. The molecular formula is C16H29N3O3S. The third-order valence-electron chi connectivity index (χ3n) is 5.89. The fourth-order valence-corrected chi connectivity index (χ4v) is 5.68. The van der Waals surface area contributed by atoms with Crippen molar-refractivity contribution in [3.63, 3.8) is 0 Å². The Morgan fingerprint density at radius 1 is 1.04 bits per heavy atom. The molecule has 23 heavy (non-hydrogen) atoms. The summed E-state index contributed by atoms with van der Waals surface area (Å²) in [7, 11) is -0.316. The molecule has 1 atom stereocenters. The maximum atomic E-state index is 13.2. The van der Waals surface area contributed by atoms with E-state index < -0.39 is 15.6 Å². The number of piperidine rings is 1. The molecule has 2 aliphatic heterocycles. The second-order valence-corrected chi connectivity index (χ2v) is 9.69. The summed E-state index contributed by atoms with van der Waals surface area (Å²) >= 11 is 0. The van der Waals surface area contributed by atoms with Crippen molar-refractivity contribution in [2.24, 2.45) is 5.41 Å². The SMILES string of the molecule is CN(C)S(=O)(=O)N1CC[C@]2(CCCN(C3CCCCC3)C2=O)C1. The predicted molar refractivity (Wildman–Crippen MR) is 89.0 cm³/mol. The van der Waals surface area contributed by atoms with E-state index in [1.165, 1.54) is 27.9 Å². The van der Waals surface area contributed by atoms with Crippen molar-refractivity contribution in [2.45, 2.75) is 57.4 Å². The lowest BCUT2D eigenvalue weighted by molar-refractivity contribution is -0.149. The van der Waals surface area contributed by atoms with Gasteiger partial charge in [0, 0.05) is 39.8 Å². The first-order chi connectivity index (χ1) is 10.9. The van der Waals surface area contributed by atoms with E-state index in [2.05, 4.69) is 4.90 Å². The molecule has 7 heteroatoms. The van der Waals surface area contributed by atoms with E-state index in [9.17, 15) is 13.2 Å². The number of likely N-dealkylation sites (tertiary alicyclic amines) is 1. The summed E-state index contributed by atoms with van der Waals surface area (Å²) in [5, 5.41) is 0. The van der Waals surface area contributed by atoms with Gasteiger partial charge in [-0.05, 0) is 32.1 Å². The van der Waals surface area contributed by atoms with Crippen LogP contribution in [0.2, 0.25) is 0 Å². The van der Waals surface area contributed by atoms with Gasteiger partial charge >= 0.3 is 0 Å². The summed E-state index contributed by atoms with van der Waals surface area (Å²) in [6, 6.07) is 0.382. The summed E-state index contributed by atoms with van der Waals surface area (Å²) in [5.74, 6) is 0.215. The average molecular weight is 343 g/mol. The number of amides is 1. The molecule has 1 amide bonds. The lowest BCUT2D eigenvalue weighted by Crippen LogP contribution is -2.54. The van der Waals surface area contributed by atoms with Crippen molar-refractivity contribution in [1.29, 1.82) is 0 Å². The van der Waals surface area contributed by atoms with Crippen molar-refractivity contribution >= 4 is 16.1 Å². The van der Waals surface area contributed by atoms with E-state index in [0.717, 1.165) is 32.2 Å². The van der Waals surface area contributed by atoms with Gasteiger partial charge in [0.25, 0.3) is 10.2 Å². The average Bonchev–Trinajstić information content (AvgIpc) is 2.97. The van der Waals surface area contributed by atoms with Crippen LogP contribution < -0.4 is 0 Å². The highest BCUT2D eigenvalue weighted by molar-refractivity contribution is 7.86. The number of carbonyl (C=O) groups excluding carboxylic acids is 1. The molecular weight excluding hydrogens is 314 g/mol. The smallest absolute Gasteiger partial charge is 0.281 e. The van der Waals surface area contributed by atoms with Crippen LogP contribution in [0.3, 0.4) is 0 Å². The van der Waals surface area contributed by atoms with Gasteiger partial charge in [-0.3, -0.25) is 4.79 Å². The van der Waals surface area contributed by atoms with Crippen molar-refractivity contribution in [3.05, 3.63) is 0 Å². The van der Waals surface area contributed by atoms with Gasteiger partial charge in [0.2, 0.25) is 5.91 Å². The Kier molecular flexibility index (Phi) is 4.73. The Balaban J connectivity index is 1.76. The molecule has 2 heterocycles. The molecule has 2 saturated heterocycles. The third kappa shape index (κ3) is 3.03. The van der Waals surface area contributed by atoms with Crippen molar-refractivity contribution in [1.82, 2.24) is 13.5 Å². The first kappa shape index (κ1) is 17.2. The molecule has 0 aromatic carbocycles. The van der Waals surface area contributed by atoms with Gasteiger partial charge in [-0.2, -0.15) is 17.0 Å². The van der Waals surface area contributed by atoms with Crippen LogP contribution in [0.25, 0.3) is 0 Å². The first-order valence-corrected chi connectivity index (χ1v) is 10.3. The minimum absolute atomic E-state index is 0.215. The zero-order chi connectivity index (χ0) is 16.7. The minimum atomic E-state index is -3.42. The third-order valence-corrected chi connectivity index (χ3v) is 7.78. The summed E-state index contributed by atoms with van der Waals surface area (Å²) in [6.45, 7) is 1.67. The van der Waals surface area contributed by atoms with Gasteiger partial charge in [0.1, 0.15) is 0 Å². The molecule has 0 radical (unpaired) electrons. The van der Waals surface area contributed by atoms with Gasteiger partial charge < -0.3 is 4.90 Å². The lowest BCUT2D eigenvalue weighted by atomic mass is 9.77. The van der Waals surface area contributed by atoms with Gasteiger partial charge in [-0.1, -0.05) is 19.3 Å². The zero-order valence-electron chi connectivity index (χ0n) is 14.3. The van der Waals surface area contributed by atoms with E-state index in [1.54, 1.807) is 14.1 Å². The Bertz CT molecular complexity index is 557. The molecule has 0 unspecified atom stereocenters. The second-order valence-electron chi connectivity index (χ2n) is 7.55. The van der Waals surface area contributed by atoms with Crippen molar-refractivity contribution < 1.29 is 13.2 Å². The number of hydrogen-bond acceptors (Lipinski definition) is 3. The van der Waals surface area contributed by atoms with Crippen LogP contribution in [0, 0.1) is 5.41 Å². The molecule has 3 rings (SSSR count). The quantitative estimate of drug-likeness (QED) is 0.779. The number of rotatable bonds is 3. The van der Waals surface area contributed by atoms with Gasteiger partial charge in [0.05, 0.1) is 5.41 Å². The monoisotopic (exact) mass is 343 g/mol. The fraction of sp³-hybridized carbons (Fsp3) is 0.938. The van der Waals surface area contributed by atoms with E-state index in [4.69, 9.17) is 0 Å². The molecule has 0 aromatic heterocycles. The molecule has 1 spiro atoms. The maximum absolute atomic E-state index is 13.2. The molecule has 1 aliphatic carbocycles. The molecule has 6 nitrogen and oxygen atoms in total. The Hall–Kier alpha value is -0.660. The van der Waals surface area contributed by atoms with Crippen LogP contribution in [0.5, 0.6) is 0 Å². The molecule has 3 aliphatic rings. The van der Waals surface area contributed by atoms with Crippen LogP contribution >= 0.6 is 0 Å². The van der Waals surface area contributed by atoms with E-state index >= 15 is 0 Å². The van der Waals surface area contributed by atoms with Crippen LogP contribution in [-0.4, -0.2) is 67.6 Å². The van der Waals surface area contributed by atoms with Gasteiger partial charge in [-0.25, -0.2) is 0 Å². The summed E-state index contributed by atoms with van der Waals surface area (Å²) in [6.07, 6.45) is 8.42. The first-order valence-electron chi connectivity index (χ1n) is 8.85. The number of hydrogen-bond donors (Lipinski definition) is 0. The fourth-order valence-electron chi connectivity index (χ4n) is 4.48. The molecule has 3 fully saturated rings. The summed E-state index contributed by atoms with van der Waals surface area (Å²) in [5.41, 5.74) is -0.473. The number of nitrogens with zero attached hydrogens (tertiary/aromatic N) is 3. The molecule has 0 N–H and O–H groups in total. The van der Waals surface area contributed by atoms with Crippen LogP contribution in [0.15, 0.2) is 0 Å². The zero-order valence-corrected chi connectivity index (χ0v) is 15.1. The van der Waals surface area contributed by atoms with Crippen molar-refractivity contribution in [3.8, 4) is 0 Å². The highest BCUT2D eigenvalue weighted by Gasteiger charge is 2.52. The molecule has 0 bridgehead atoms. The maximum Gasteiger partial charge on any atom is 0.281 e. The van der Waals surface area contributed by atoms with E-state index in [0.29, 0.717) is 25.6 Å². The number of carbonyl (C=O) groups is 1. The summed E-state index contributed by atoms with van der Waals surface area (Å²) < 4.78 is 27.5.